The first-order valence-electron chi connectivity index (χ1n) is 8.45. The third-order valence-electron chi connectivity index (χ3n) is 4.56. The van der Waals surface area contributed by atoms with Crippen LogP contribution in [0.25, 0.3) is 0 Å². The van der Waals surface area contributed by atoms with Gasteiger partial charge in [0.2, 0.25) is 0 Å². The highest BCUT2D eigenvalue weighted by Crippen LogP contribution is 2.56. The maximum absolute atomic E-state index is 4.04. The Hall–Kier alpha value is -1.88. The Morgan fingerprint density at radius 2 is 1.04 bits per heavy atom. The van der Waals surface area contributed by atoms with E-state index in [0.717, 1.165) is 6.16 Å². The summed E-state index contributed by atoms with van der Waals surface area (Å²) in [5.74, 6) is 0.457. The maximum Gasteiger partial charge on any atom is 0.112 e. The van der Waals surface area contributed by atoms with E-state index in [4.69, 9.17) is 0 Å². The van der Waals surface area contributed by atoms with Gasteiger partial charge in [-0.3, -0.25) is 0 Å². The standard InChI is InChI=1S/C23H24P.ClH/c1-3-20(2)19-24(21-13-7-4-8-14-21,22-15-9-5-10-16-22)23-17-11-6-12-18-23;/h3-18,20H,1,19H2,2H3;1H/q+1;/p-1/t20-;/m0./s1. The first kappa shape index (κ1) is 19.4. The van der Waals surface area contributed by atoms with Crippen LogP contribution in [0.2, 0.25) is 0 Å². The van der Waals surface area contributed by atoms with Gasteiger partial charge in [0.1, 0.15) is 23.2 Å². The zero-order valence-electron chi connectivity index (χ0n) is 14.6. The second-order valence-corrected chi connectivity index (χ2v) is 9.75. The van der Waals surface area contributed by atoms with E-state index >= 15 is 0 Å². The Kier molecular flexibility index (Phi) is 7.00. The summed E-state index contributed by atoms with van der Waals surface area (Å²) in [6.07, 6.45) is 3.19. The summed E-state index contributed by atoms with van der Waals surface area (Å²) in [5, 5.41) is 4.32. The van der Waals surface area contributed by atoms with Gasteiger partial charge in [0, 0.05) is 5.92 Å². The zero-order valence-corrected chi connectivity index (χ0v) is 16.2. The summed E-state index contributed by atoms with van der Waals surface area (Å²) in [5.41, 5.74) is 0. The number of allylic oxidation sites excluding steroid dienone is 1. The largest absolute Gasteiger partial charge is 1.00 e. The van der Waals surface area contributed by atoms with Gasteiger partial charge in [-0.1, -0.05) is 67.6 Å². The smallest absolute Gasteiger partial charge is 0.112 e. The minimum absolute atomic E-state index is 0. The van der Waals surface area contributed by atoms with Crippen LogP contribution in [0.4, 0.5) is 0 Å². The molecule has 0 heterocycles. The Morgan fingerprint density at radius 1 is 0.720 bits per heavy atom. The fourth-order valence-corrected chi connectivity index (χ4v) is 7.90. The normalized spacial score (nSPS) is 12.0. The molecule has 3 aromatic carbocycles. The molecule has 0 aliphatic carbocycles. The first-order chi connectivity index (χ1) is 11.8. The number of rotatable bonds is 6. The third kappa shape index (κ3) is 4.03. The summed E-state index contributed by atoms with van der Waals surface area (Å²) in [7, 11) is -1.70. The number of hydrogen-bond acceptors (Lipinski definition) is 0. The van der Waals surface area contributed by atoms with E-state index in [1.807, 2.05) is 0 Å². The van der Waals surface area contributed by atoms with Crippen molar-refractivity contribution in [2.24, 2.45) is 5.92 Å². The van der Waals surface area contributed by atoms with E-state index in [0.29, 0.717) is 5.92 Å². The molecular weight excluding hydrogens is 343 g/mol. The van der Waals surface area contributed by atoms with Gasteiger partial charge in [0.25, 0.3) is 0 Å². The lowest BCUT2D eigenvalue weighted by atomic mass is 10.2. The molecule has 128 valence electrons. The average molecular weight is 367 g/mol. The molecule has 0 saturated carbocycles. The molecule has 0 spiro atoms. The fourth-order valence-electron chi connectivity index (χ4n) is 3.32. The molecular formula is C23H24ClP. The van der Waals surface area contributed by atoms with Crippen molar-refractivity contribution in [3.63, 3.8) is 0 Å². The highest BCUT2D eigenvalue weighted by molar-refractivity contribution is 7.95. The summed E-state index contributed by atoms with van der Waals surface area (Å²) in [6.45, 7) is 6.32. The van der Waals surface area contributed by atoms with Gasteiger partial charge in [-0.2, -0.15) is 0 Å². The summed E-state index contributed by atoms with van der Waals surface area (Å²) >= 11 is 0. The maximum atomic E-state index is 4.04. The van der Waals surface area contributed by atoms with Gasteiger partial charge in [0.05, 0.1) is 6.16 Å². The molecule has 0 amide bonds. The monoisotopic (exact) mass is 366 g/mol. The van der Waals surface area contributed by atoms with Gasteiger partial charge in [-0.15, -0.1) is 6.58 Å². The van der Waals surface area contributed by atoms with Crippen molar-refractivity contribution in [2.45, 2.75) is 6.92 Å². The van der Waals surface area contributed by atoms with E-state index in [2.05, 4.69) is 111 Å². The average Bonchev–Trinajstić information content (AvgIpc) is 2.68. The highest BCUT2D eigenvalue weighted by atomic mass is 35.5. The second kappa shape index (κ2) is 8.99. The lowest BCUT2D eigenvalue weighted by Crippen LogP contribution is -3.00. The molecule has 25 heavy (non-hydrogen) atoms. The van der Waals surface area contributed by atoms with Gasteiger partial charge >= 0.3 is 0 Å². The number of hydrogen-bond donors (Lipinski definition) is 0. The number of halogens is 1. The lowest BCUT2D eigenvalue weighted by molar-refractivity contribution is -0.00000477. The third-order valence-corrected chi connectivity index (χ3v) is 9.22. The Morgan fingerprint density at radius 3 is 1.32 bits per heavy atom. The molecule has 3 rings (SSSR count). The summed E-state index contributed by atoms with van der Waals surface area (Å²) < 4.78 is 0. The van der Waals surface area contributed by atoms with E-state index in [-0.39, 0.29) is 12.4 Å². The van der Waals surface area contributed by atoms with Crippen molar-refractivity contribution in [3.8, 4) is 0 Å². The molecule has 0 aliphatic heterocycles. The van der Waals surface area contributed by atoms with Crippen molar-refractivity contribution in [1.82, 2.24) is 0 Å². The fraction of sp³-hybridized carbons (Fsp3) is 0.130. The quantitative estimate of drug-likeness (QED) is 0.461. The summed E-state index contributed by atoms with van der Waals surface area (Å²) in [4.78, 5) is 0. The molecule has 0 saturated heterocycles. The van der Waals surface area contributed by atoms with Crippen LogP contribution in [0, 0.1) is 5.92 Å². The van der Waals surface area contributed by atoms with Crippen LogP contribution in [0.1, 0.15) is 6.92 Å². The molecule has 0 unspecified atom stereocenters. The Labute approximate surface area is 158 Å². The molecule has 2 heteroatoms. The van der Waals surface area contributed by atoms with Gasteiger partial charge < -0.3 is 12.4 Å². The first-order valence-corrected chi connectivity index (χ1v) is 10.4. The molecule has 0 bridgehead atoms. The van der Waals surface area contributed by atoms with E-state index in [1.165, 1.54) is 15.9 Å². The predicted octanol–water partition coefficient (Wildman–Crippen LogP) is 1.81. The van der Waals surface area contributed by atoms with Crippen molar-refractivity contribution in [3.05, 3.63) is 104 Å². The minimum atomic E-state index is -1.70. The Balaban J connectivity index is 0.00000225. The molecule has 3 aromatic rings. The zero-order chi connectivity index (χ0) is 16.8. The lowest BCUT2D eigenvalue weighted by Gasteiger charge is -2.29. The minimum Gasteiger partial charge on any atom is -1.00 e. The molecule has 0 N–H and O–H groups in total. The van der Waals surface area contributed by atoms with E-state index < -0.39 is 7.26 Å². The number of benzene rings is 3. The Bertz CT molecular complexity index is 672. The topological polar surface area (TPSA) is 0 Å². The highest BCUT2D eigenvalue weighted by Gasteiger charge is 2.45. The van der Waals surface area contributed by atoms with E-state index in [9.17, 15) is 0 Å². The predicted molar refractivity (Wildman–Crippen MR) is 109 cm³/mol. The van der Waals surface area contributed by atoms with Crippen molar-refractivity contribution in [2.75, 3.05) is 6.16 Å². The van der Waals surface area contributed by atoms with Crippen LogP contribution in [0.5, 0.6) is 0 Å². The van der Waals surface area contributed by atoms with Gasteiger partial charge in [-0.05, 0) is 36.4 Å². The summed E-state index contributed by atoms with van der Waals surface area (Å²) in [6, 6.07) is 33.0. The molecule has 0 radical (unpaired) electrons. The van der Waals surface area contributed by atoms with Crippen molar-refractivity contribution >= 4 is 23.2 Å². The van der Waals surface area contributed by atoms with Gasteiger partial charge in [-0.25, -0.2) is 0 Å². The molecule has 0 nitrogen and oxygen atoms in total. The van der Waals surface area contributed by atoms with Crippen molar-refractivity contribution < 1.29 is 12.4 Å². The second-order valence-electron chi connectivity index (χ2n) is 6.21. The van der Waals surface area contributed by atoms with Crippen LogP contribution in [-0.2, 0) is 0 Å². The molecule has 0 aliphatic rings. The van der Waals surface area contributed by atoms with Gasteiger partial charge in [0.15, 0.2) is 0 Å². The molecule has 0 fully saturated rings. The van der Waals surface area contributed by atoms with Crippen molar-refractivity contribution in [1.29, 1.82) is 0 Å². The molecule has 0 aromatic heterocycles. The van der Waals surface area contributed by atoms with E-state index in [1.54, 1.807) is 0 Å². The molecule has 1 atom stereocenters. The van der Waals surface area contributed by atoms with Crippen LogP contribution < -0.4 is 28.3 Å². The van der Waals surface area contributed by atoms with Crippen LogP contribution in [0.15, 0.2) is 104 Å². The van der Waals surface area contributed by atoms with Crippen LogP contribution in [-0.4, -0.2) is 6.16 Å². The van der Waals surface area contributed by atoms with Crippen LogP contribution >= 0.6 is 7.26 Å². The van der Waals surface area contributed by atoms with Crippen LogP contribution in [0.3, 0.4) is 0 Å². The SMILES string of the molecule is C=C[C@H](C)C[P+](c1ccccc1)(c1ccccc1)c1ccccc1.[Cl-].